The molecule has 164 valence electrons. The van der Waals surface area contributed by atoms with Crippen LogP contribution in [-0.2, 0) is 9.53 Å². The zero-order valence-corrected chi connectivity index (χ0v) is 18.4. The van der Waals surface area contributed by atoms with Crippen LogP contribution >= 0.6 is 0 Å². The second-order valence-corrected chi connectivity index (χ2v) is 8.78. The van der Waals surface area contributed by atoms with E-state index in [-0.39, 0.29) is 18.1 Å². The molecule has 1 N–H and O–H groups in total. The number of pyridine rings is 1. The molecule has 2 aromatic rings. The first-order valence-electron chi connectivity index (χ1n) is 11.5. The van der Waals surface area contributed by atoms with Crippen molar-refractivity contribution in [2.45, 2.75) is 44.8 Å². The van der Waals surface area contributed by atoms with Gasteiger partial charge in [-0.1, -0.05) is 48.0 Å². The number of carbonyl (C=O) groups excluding carboxylic acids is 1. The highest BCUT2D eigenvalue weighted by molar-refractivity contribution is 5.81. The van der Waals surface area contributed by atoms with Gasteiger partial charge in [-0.3, -0.25) is 14.7 Å². The number of benzene rings is 1. The average molecular weight is 420 g/mol. The molecule has 4 rings (SSSR count). The van der Waals surface area contributed by atoms with Gasteiger partial charge in [0.2, 0.25) is 5.91 Å². The Balaban J connectivity index is 1.44. The third kappa shape index (κ3) is 6.02. The Morgan fingerprint density at radius 3 is 2.77 bits per heavy atom. The highest BCUT2D eigenvalue weighted by atomic mass is 16.5. The summed E-state index contributed by atoms with van der Waals surface area (Å²) in [6, 6.07) is 16.3. The van der Waals surface area contributed by atoms with E-state index in [1.54, 1.807) is 0 Å². The molecule has 0 radical (unpaired) electrons. The van der Waals surface area contributed by atoms with Gasteiger partial charge in [-0.05, 0) is 62.8 Å². The Labute approximate surface area is 185 Å². The van der Waals surface area contributed by atoms with E-state index in [2.05, 4.69) is 52.5 Å². The molecular formula is C26H33N3O2. The minimum Gasteiger partial charge on any atom is -0.368 e. The fourth-order valence-corrected chi connectivity index (χ4v) is 4.76. The van der Waals surface area contributed by atoms with Gasteiger partial charge in [0.15, 0.2) is 0 Å². The van der Waals surface area contributed by atoms with E-state index in [4.69, 9.17) is 4.74 Å². The molecule has 0 spiro atoms. The number of carbonyl (C=O) groups is 1. The number of amides is 1. The number of hydrogen-bond donors (Lipinski definition) is 1. The number of nitrogens with zero attached hydrogens (tertiary/aromatic N) is 2. The first-order chi connectivity index (χ1) is 15.2. The van der Waals surface area contributed by atoms with Crippen LogP contribution in [-0.4, -0.2) is 48.1 Å². The second kappa shape index (κ2) is 10.7. The molecule has 2 saturated heterocycles. The summed E-state index contributed by atoms with van der Waals surface area (Å²) in [5.41, 5.74) is 3.53. The van der Waals surface area contributed by atoms with Crippen LogP contribution in [0.2, 0.25) is 0 Å². The Morgan fingerprint density at radius 1 is 1.19 bits per heavy atom. The van der Waals surface area contributed by atoms with E-state index in [0.717, 1.165) is 51.0 Å². The maximum Gasteiger partial charge on any atom is 0.249 e. The quantitative estimate of drug-likeness (QED) is 0.730. The lowest BCUT2D eigenvalue weighted by molar-refractivity contribution is -0.131. The molecule has 2 aliphatic rings. The number of aromatic nitrogens is 1. The third-order valence-electron chi connectivity index (χ3n) is 6.23. The van der Waals surface area contributed by atoms with Gasteiger partial charge >= 0.3 is 0 Å². The summed E-state index contributed by atoms with van der Waals surface area (Å²) >= 11 is 0. The molecular weight excluding hydrogens is 386 g/mol. The second-order valence-electron chi connectivity index (χ2n) is 8.78. The smallest absolute Gasteiger partial charge is 0.249 e. The summed E-state index contributed by atoms with van der Waals surface area (Å²) in [5.74, 6) is 0.337. The van der Waals surface area contributed by atoms with E-state index in [1.165, 1.54) is 11.1 Å². The van der Waals surface area contributed by atoms with Crippen molar-refractivity contribution in [2.24, 2.45) is 5.92 Å². The lowest BCUT2D eigenvalue weighted by Crippen LogP contribution is -2.45. The fraction of sp³-hybridized carbons (Fsp3) is 0.462. The zero-order chi connectivity index (χ0) is 21.5. The van der Waals surface area contributed by atoms with Crippen LogP contribution in [0, 0.1) is 5.92 Å². The van der Waals surface area contributed by atoms with Crippen LogP contribution in [0.4, 0.5) is 0 Å². The lowest BCUT2D eigenvalue weighted by atomic mass is 9.88. The molecule has 5 nitrogen and oxygen atoms in total. The first-order valence-corrected chi connectivity index (χ1v) is 11.5. The maximum atomic E-state index is 12.8. The van der Waals surface area contributed by atoms with Crippen molar-refractivity contribution in [1.82, 2.24) is 15.2 Å². The van der Waals surface area contributed by atoms with Crippen molar-refractivity contribution in [3.05, 3.63) is 71.6 Å². The Kier molecular flexibility index (Phi) is 7.49. The van der Waals surface area contributed by atoms with Gasteiger partial charge in [0, 0.05) is 25.9 Å². The Bertz CT molecular complexity index is 863. The molecule has 0 bridgehead atoms. The molecule has 1 aromatic heterocycles. The van der Waals surface area contributed by atoms with Crippen molar-refractivity contribution in [3.63, 3.8) is 0 Å². The third-order valence-corrected chi connectivity index (χ3v) is 6.23. The average Bonchev–Trinajstić information content (AvgIpc) is 3.34. The molecule has 0 unspecified atom stereocenters. The Hall–Kier alpha value is -2.50. The van der Waals surface area contributed by atoms with Gasteiger partial charge < -0.3 is 10.1 Å². The van der Waals surface area contributed by atoms with Crippen LogP contribution in [0.15, 0.2) is 60.3 Å². The summed E-state index contributed by atoms with van der Waals surface area (Å²) in [6.07, 6.45) is 7.74. The molecule has 3 atom stereocenters. The number of rotatable bonds is 7. The number of nitrogens with one attached hydrogen (secondary N) is 1. The summed E-state index contributed by atoms with van der Waals surface area (Å²) in [6.45, 7) is 5.86. The highest BCUT2D eigenvalue weighted by Crippen LogP contribution is 2.30. The summed E-state index contributed by atoms with van der Waals surface area (Å²) < 4.78 is 5.62. The number of hydrogen-bond acceptors (Lipinski definition) is 4. The van der Waals surface area contributed by atoms with Crippen LogP contribution in [0.25, 0.3) is 6.08 Å². The molecule has 0 aliphatic carbocycles. The topological polar surface area (TPSA) is 54.5 Å². The van der Waals surface area contributed by atoms with Crippen molar-refractivity contribution < 1.29 is 9.53 Å². The molecule has 1 aromatic carbocycles. The van der Waals surface area contributed by atoms with Crippen molar-refractivity contribution in [2.75, 3.05) is 26.2 Å². The minimum absolute atomic E-state index is 0.00503. The van der Waals surface area contributed by atoms with Crippen LogP contribution < -0.4 is 5.32 Å². The van der Waals surface area contributed by atoms with E-state index in [0.29, 0.717) is 12.5 Å². The monoisotopic (exact) mass is 419 g/mol. The predicted octanol–water partition coefficient (Wildman–Crippen LogP) is 4.23. The largest absolute Gasteiger partial charge is 0.368 e. The van der Waals surface area contributed by atoms with Crippen LogP contribution in [0.5, 0.6) is 0 Å². The maximum absolute atomic E-state index is 12.8. The summed E-state index contributed by atoms with van der Waals surface area (Å²) in [5, 5.41) is 3.29. The number of ether oxygens (including phenoxy) is 1. The van der Waals surface area contributed by atoms with Gasteiger partial charge in [0.05, 0.1) is 11.7 Å². The zero-order valence-electron chi connectivity index (χ0n) is 18.4. The normalized spacial score (nSPS) is 23.5. The minimum atomic E-state index is -0.318. The number of piperidine rings is 1. The first kappa shape index (κ1) is 21.7. The molecule has 5 heteroatoms. The van der Waals surface area contributed by atoms with E-state index < -0.39 is 0 Å². The van der Waals surface area contributed by atoms with E-state index in [1.807, 2.05) is 30.5 Å². The molecule has 3 heterocycles. The van der Waals surface area contributed by atoms with Gasteiger partial charge in [-0.15, -0.1) is 0 Å². The van der Waals surface area contributed by atoms with Crippen molar-refractivity contribution in [3.8, 4) is 0 Å². The SMILES string of the molecule is C/C(=C\c1ccccc1)CN1CCC[C@H]([C@@H](NC(=O)[C@H]2CCCO2)c2ccccn2)C1. The molecule has 0 saturated carbocycles. The highest BCUT2D eigenvalue weighted by Gasteiger charge is 2.33. The molecule has 2 fully saturated rings. The van der Waals surface area contributed by atoms with E-state index >= 15 is 0 Å². The molecule has 2 aliphatic heterocycles. The van der Waals surface area contributed by atoms with Crippen LogP contribution in [0.1, 0.15) is 49.9 Å². The number of likely N-dealkylation sites (tertiary alicyclic amines) is 1. The van der Waals surface area contributed by atoms with E-state index in [9.17, 15) is 4.79 Å². The summed E-state index contributed by atoms with van der Waals surface area (Å²) in [4.78, 5) is 19.9. The van der Waals surface area contributed by atoms with Gasteiger partial charge in [0.1, 0.15) is 6.10 Å². The lowest BCUT2D eigenvalue weighted by Gasteiger charge is -2.37. The Morgan fingerprint density at radius 2 is 2.03 bits per heavy atom. The molecule has 1 amide bonds. The van der Waals surface area contributed by atoms with Gasteiger partial charge in [-0.2, -0.15) is 0 Å². The van der Waals surface area contributed by atoms with Crippen LogP contribution in [0.3, 0.4) is 0 Å². The van der Waals surface area contributed by atoms with Crippen molar-refractivity contribution >= 4 is 12.0 Å². The predicted molar refractivity (Wildman–Crippen MR) is 123 cm³/mol. The standard InChI is InChI=1S/C26H33N3O2/c1-20(17-21-9-3-2-4-10-21)18-29-15-7-11-22(19-29)25(23-12-5-6-14-27-23)28-26(30)24-13-8-16-31-24/h2-6,9-10,12,14,17,22,24-25H,7-8,11,13,15-16,18-19H2,1H3,(H,28,30)/b20-17+/t22-,24+,25+/m0/s1. The molecule has 31 heavy (non-hydrogen) atoms. The van der Waals surface area contributed by atoms with Gasteiger partial charge in [-0.25, -0.2) is 0 Å². The van der Waals surface area contributed by atoms with Gasteiger partial charge in [0.25, 0.3) is 0 Å². The summed E-state index contributed by atoms with van der Waals surface area (Å²) in [7, 11) is 0. The fourth-order valence-electron chi connectivity index (χ4n) is 4.76. The van der Waals surface area contributed by atoms with Crippen molar-refractivity contribution in [1.29, 1.82) is 0 Å².